The van der Waals surface area contributed by atoms with Crippen molar-refractivity contribution in [3.05, 3.63) is 107 Å². The topological polar surface area (TPSA) is 177 Å². The molecule has 3 heterocycles. The fourth-order valence-corrected chi connectivity index (χ4v) is 6.44. The predicted octanol–water partition coefficient (Wildman–Crippen LogP) is 4.72. The number of fused-ring (bicyclic) bond motifs is 1. The summed E-state index contributed by atoms with van der Waals surface area (Å²) in [6.07, 6.45) is 4.35. The van der Waals surface area contributed by atoms with Gasteiger partial charge >= 0.3 is 5.97 Å². The molecular formula is C37H33N5O8. The minimum Gasteiger partial charge on any atom is -0.490 e. The van der Waals surface area contributed by atoms with E-state index in [9.17, 15) is 24.0 Å². The van der Waals surface area contributed by atoms with Gasteiger partial charge in [0.05, 0.1) is 23.5 Å². The predicted molar refractivity (Wildman–Crippen MR) is 178 cm³/mol. The third kappa shape index (κ3) is 6.25. The molecule has 1 saturated carbocycles. The van der Waals surface area contributed by atoms with Crippen molar-refractivity contribution in [2.24, 2.45) is 0 Å². The molecule has 3 aliphatic rings. The summed E-state index contributed by atoms with van der Waals surface area (Å²) in [6, 6.07) is 19.8. The molecule has 1 unspecified atom stereocenters. The van der Waals surface area contributed by atoms with Crippen LogP contribution in [0.5, 0.6) is 17.2 Å². The standard InChI is InChI=1S/C37H33N5O8/c1-37(2,21-5-10-25(11-6-21)50-27-18-38-32(36(47)48)39-19-27)20-3-8-24(9-4-20)49-26-15-23(16-26)40-22-7-12-28-29(17-22)35(46)42(34(28)45)30-13-14-31(43)41-33(30)44/h3-12,17-19,23,26,30,40H,13-16H2,1-2H3,(H,47,48)(H,41,43,44)/t23-,26-,30?. The molecule has 50 heavy (non-hydrogen) atoms. The van der Waals surface area contributed by atoms with E-state index in [4.69, 9.17) is 14.6 Å². The van der Waals surface area contributed by atoms with Crippen LogP contribution in [0, 0.1) is 0 Å². The van der Waals surface area contributed by atoms with E-state index in [2.05, 4.69) is 46.6 Å². The zero-order valence-electron chi connectivity index (χ0n) is 27.2. The molecule has 13 nitrogen and oxygen atoms in total. The number of aromatic carboxylic acids is 1. The fourth-order valence-electron chi connectivity index (χ4n) is 6.44. The van der Waals surface area contributed by atoms with Crippen LogP contribution in [0.15, 0.2) is 79.1 Å². The van der Waals surface area contributed by atoms with E-state index in [-0.39, 0.29) is 47.4 Å². The van der Waals surface area contributed by atoms with E-state index in [1.807, 2.05) is 36.4 Å². The second-order valence-corrected chi connectivity index (χ2v) is 13.1. The van der Waals surface area contributed by atoms with Gasteiger partial charge in [-0.3, -0.25) is 29.4 Å². The highest BCUT2D eigenvalue weighted by Crippen LogP contribution is 2.36. The van der Waals surface area contributed by atoms with Crippen molar-refractivity contribution in [1.82, 2.24) is 20.2 Å². The molecule has 254 valence electrons. The fraction of sp³-hybridized carbons (Fsp3) is 0.270. The van der Waals surface area contributed by atoms with E-state index in [1.54, 1.807) is 18.2 Å². The van der Waals surface area contributed by atoms with Crippen LogP contribution < -0.4 is 20.1 Å². The molecule has 4 aromatic rings. The number of carbonyl (C=O) groups excluding carboxylic acids is 4. The average molecular weight is 676 g/mol. The van der Waals surface area contributed by atoms with Gasteiger partial charge in [0.2, 0.25) is 17.6 Å². The van der Waals surface area contributed by atoms with Gasteiger partial charge in [-0.2, -0.15) is 0 Å². The van der Waals surface area contributed by atoms with Gasteiger partial charge in [-0.15, -0.1) is 0 Å². The Morgan fingerprint density at radius 2 is 1.48 bits per heavy atom. The molecule has 3 N–H and O–H groups in total. The van der Waals surface area contributed by atoms with Gasteiger partial charge in [0.1, 0.15) is 23.6 Å². The Bertz CT molecular complexity index is 2010. The maximum Gasteiger partial charge on any atom is 0.373 e. The molecule has 2 fully saturated rings. The van der Waals surface area contributed by atoms with Gasteiger partial charge in [0.25, 0.3) is 11.8 Å². The summed E-state index contributed by atoms with van der Waals surface area (Å²) >= 11 is 0. The Morgan fingerprint density at radius 1 is 0.860 bits per heavy atom. The second-order valence-electron chi connectivity index (χ2n) is 13.1. The Balaban J connectivity index is 0.912. The number of amides is 4. The number of imide groups is 2. The Morgan fingerprint density at radius 3 is 2.10 bits per heavy atom. The SMILES string of the molecule is CC(C)(c1ccc(Oc2cnc(C(=O)O)nc2)cc1)c1ccc(O[C@H]2C[C@H](Nc3ccc4c(c3)C(=O)N(C3CCC(=O)NC3=O)C4=O)C2)cc1. The van der Waals surface area contributed by atoms with E-state index in [1.165, 1.54) is 12.4 Å². The molecule has 1 atom stereocenters. The molecule has 3 aromatic carbocycles. The highest BCUT2D eigenvalue weighted by atomic mass is 16.5. The molecule has 1 saturated heterocycles. The molecule has 1 aromatic heterocycles. The number of aromatic nitrogens is 2. The second kappa shape index (κ2) is 12.7. The minimum absolute atomic E-state index is 0.0188. The third-order valence-electron chi connectivity index (χ3n) is 9.42. The van der Waals surface area contributed by atoms with E-state index in [0.717, 1.165) is 34.6 Å². The van der Waals surface area contributed by atoms with Crippen molar-refractivity contribution < 1.29 is 38.6 Å². The normalized spacial score (nSPS) is 20.1. The molecule has 13 heteroatoms. The lowest BCUT2D eigenvalue weighted by Gasteiger charge is -2.36. The van der Waals surface area contributed by atoms with Crippen LogP contribution in [-0.2, 0) is 15.0 Å². The third-order valence-corrected chi connectivity index (χ3v) is 9.42. The number of nitrogens with one attached hydrogen (secondary N) is 2. The van der Waals surface area contributed by atoms with E-state index in [0.29, 0.717) is 17.2 Å². The number of carboxylic acids is 1. The van der Waals surface area contributed by atoms with Gasteiger partial charge in [0, 0.05) is 36.4 Å². The van der Waals surface area contributed by atoms with Gasteiger partial charge in [0.15, 0.2) is 5.75 Å². The highest BCUT2D eigenvalue weighted by molar-refractivity contribution is 6.23. The molecule has 1 aliphatic carbocycles. The number of nitrogens with zero attached hydrogens (tertiary/aromatic N) is 3. The summed E-state index contributed by atoms with van der Waals surface area (Å²) < 4.78 is 12.0. The summed E-state index contributed by atoms with van der Waals surface area (Å²) in [7, 11) is 0. The molecule has 0 bridgehead atoms. The summed E-state index contributed by atoms with van der Waals surface area (Å²) in [6.45, 7) is 4.27. The van der Waals surface area contributed by atoms with Crippen molar-refractivity contribution in [1.29, 1.82) is 0 Å². The van der Waals surface area contributed by atoms with Crippen molar-refractivity contribution in [3.63, 3.8) is 0 Å². The minimum atomic E-state index is -1.20. The highest BCUT2D eigenvalue weighted by Gasteiger charge is 2.44. The molecular weight excluding hydrogens is 642 g/mol. The number of rotatable bonds is 10. The van der Waals surface area contributed by atoms with Crippen molar-refractivity contribution in [2.45, 2.75) is 63.1 Å². The first-order chi connectivity index (χ1) is 24.0. The number of carbonyl (C=O) groups is 5. The van der Waals surface area contributed by atoms with E-state index >= 15 is 0 Å². The van der Waals surface area contributed by atoms with E-state index < -0.39 is 35.6 Å². The average Bonchev–Trinajstić information content (AvgIpc) is 3.32. The summed E-state index contributed by atoms with van der Waals surface area (Å²) in [5.74, 6) is -1.93. The molecule has 2 aliphatic heterocycles. The number of benzene rings is 3. The lowest BCUT2D eigenvalue weighted by molar-refractivity contribution is -0.136. The maximum absolute atomic E-state index is 13.1. The number of hydrogen-bond donors (Lipinski definition) is 3. The van der Waals surface area contributed by atoms with Crippen LogP contribution >= 0.6 is 0 Å². The number of carboxylic acid groups (broad SMARTS) is 1. The first-order valence-corrected chi connectivity index (χ1v) is 16.2. The Kier molecular flexibility index (Phi) is 8.26. The zero-order valence-corrected chi connectivity index (χ0v) is 27.2. The van der Waals surface area contributed by atoms with Crippen LogP contribution in [0.4, 0.5) is 5.69 Å². The maximum atomic E-state index is 13.1. The van der Waals surface area contributed by atoms with Crippen molar-refractivity contribution in [3.8, 4) is 17.2 Å². The van der Waals surface area contributed by atoms with Crippen LogP contribution in [0.1, 0.15) is 82.0 Å². The number of hydrogen-bond acceptors (Lipinski definition) is 10. The summed E-state index contributed by atoms with van der Waals surface area (Å²) in [5.41, 5.74) is 3.05. The van der Waals surface area contributed by atoms with Gasteiger partial charge in [-0.05, 0) is 60.0 Å². The Labute approximate surface area is 286 Å². The molecule has 7 rings (SSSR count). The molecule has 0 spiro atoms. The van der Waals surface area contributed by atoms with Crippen LogP contribution in [-0.4, -0.2) is 67.8 Å². The van der Waals surface area contributed by atoms with Gasteiger partial charge < -0.3 is 19.9 Å². The van der Waals surface area contributed by atoms with Gasteiger partial charge in [-0.1, -0.05) is 38.1 Å². The lowest BCUT2D eigenvalue weighted by Crippen LogP contribution is -2.54. The van der Waals surface area contributed by atoms with Crippen LogP contribution in [0.25, 0.3) is 0 Å². The van der Waals surface area contributed by atoms with Crippen molar-refractivity contribution in [2.75, 3.05) is 5.32 Å². The zero-order chi connectivity index (χ0) is 35.2. The van der Waals surface area contributed by atoms with Crippen LogP contribution in [0.3, 0.4) is 0 Å². The quantitative estimate of drug-likeness (QED) is 0.198. The number of anilines is 1. The molecule has 4 amide bonds. The monoisotopic (exact) mass is 675 g/mol. The van der Waals surface area contributed by atoms with Crippen LogP contribution in [0.2, 0.25) is 0 Å². The lowest BCUT2D eigenvalue weighted by atomic mass is 9.78. The smallest absolute Gasteiger partial charge is 0.373 e. The summed E-state index contributed by atoms with van der Waals surface area (Å²) in [4.78, 5) is 69.4. The number of ether oxygens (including phenoxy) is 2. The largest absolute Gasteiger partial charge is 0.490 e. The van der Waals surface area contributed by atoms with Gasteiger partial charge in [-0.25, -0.2) is 14.8 Å². The number of piperidine rings is 1. The first kappa shape index (κ1) is 32.4. The molecule has 0 radical (unpaired) electrons. The van der Waals surface area contributed by atoms with Crippen molar-refractivity contribution >= 4 is 35.3 Å². The summed E-state index contributed by atoms with van der Waals surface area (Å²) in [5, 5.41) is 14.6. The Hall–Kier alpha value is -6.11. The first-order valence-electron chi connectivity index (χ1n) is 16.2.